The molecule has 1 heterocycles. The van der Waals surface area contributed by atoms with E-state index in [-0.39, 0.29) is 0 Å². The van der Waals surface area contributed by atoms with Gasteiger partial charge in [-0.25, -0.2) is 0 Å². The van der Waals surface area contributed by atoms with Crippen LogP contribution in [0.5, 0.6) is 11.5 Å². The van der Waals surface area contributed by atoms with Gasteiger partial charge in [0.05, 0.1) is 14.2 Å². The molecule has 1 aromatic heterocycles. The number of nitrogens with one attached hydrogen (secondary N) is 1. The van der Waals surface area contributed by atoms with Crippen LogP contribution in [-0.2, 0) is 0 Å². The maximum absolute atomic E-state index is 5.33. The molecule has 0 amide bonds. The van der Waals surface area contributed by atoms with Crippen molar-refractivity contribution < 1.29 is 9.47 Å². The Morgan fingerprint density at radius 1 is 0.842 bits per heavy atom. The highest BCUT2D eigenvalue weighted by Crippen LogP contribution is 2.33. The zero-order valence-corrected chi connectivity index (χ0v) is 10.9. The number of H-pyrrole nitrogens is 1. The standard InChI is InChI=1S/C16H15NO2/c1-18-15-8-7-12(10-16(15)19-2)14-9-11-5-3-4-6-13(11)17-14/h3-10,17H,1-2H3. The lowest BCUT2D eigenvalue weighted by Crippen LogP contribution is -1.90. The number of fused-ring (bicyclic) bond motifs is 1. The first-order valence-electron chi connectivity index (χ1n) is 6.12. The van der Waals surface area contributed by atoms with Crippen molar-refractivity contribution in [3.63, 3.8) is 0 Å². The van der Waals surface area contributed by atoms with Crippen molar-refractivity contribution in [2.24, 2.45) is 0 Å². The lowest BCUT2D eigenvalue weighted by atomic mass is 10.1. The highest BCUT2D eigenvalue weighted by Gasteiger charge is 2.08. The fourth-order valence-electron chi connectivity index (χ4n) is 2.23. The van der Waals surface area contributed by atoms with Gasteiger partial charge in [-0.2, -0.15) is 0 Å². The highest BCUT2D eigenvalue weighted by atomic mass is 16.5. The number of methoxy groups -OCH3 is 2. The minimum Gasteiger partial charge on any atom is -0.493 e. The number of benzene rings is 2. The van der Waals surface area contributed by atoms with Gasteiger partial charge < -0.3 is 14.5 Å². The fourth-order valence-corrected chi connectivity index (χ4v) is 2.23. The Kier molecular flexibility index (Phi) is 2.88. The third kappa shape index (κ3) is 2.03. The summed E-state index contributed by atoms with van der Waals surface area (Å²) in [6.07, 6.45) is 0. The van der Waals surface area contributed by atoms with Crippen LogP contribution in [0.2, 0.25) is 0 Å². The zero-order valence-electron chi connectivity index (χ0n) is 10.9. The molecule has 0 aliphatic carbocycles. The Balaban J connectivity index is 2.10. The van der Waals surface area contributed by atoms with E-state index in [9.17, 15) is 0 Å². The Hall–Kier alpha value is -2.42. The van der Waals surface area contributed by atoms with Crippen LogP contribution in [0.1, 0.15) is 0 Å². The molecule has 3 heteroatoms. The molecule has 19 heavy (non-hydrogen) atoms. The number of aromatic amines is 1. The van der Waals surface area contributed by atoms with Gasteiger partial charge in [0.1, 0.15) is 0 Å². The smallest absolute Gasteiger partial charge is 0.161 e. The summed E-state index contributed by atoms with van der Waals surface area (Å²) < 4.78 is 10.6. The molecule has 0 atom stereocenters. The monoisotopic (exact) mass is 253 g/mol. The molecule has 1 N–H and O–H groups in total. The summed E-state index contributed by atoms with van der Waals surface area (Å²) in [6.45, 7) is 0. The van der Waals surface area contributed by atoms with Crippen LogP contribution >= 0.6 is 0 Å². The summed E-state index contributed by atoms with van der Waals surface area (Å²) in [5.41, 5.74) is 3.28. The van der Waals surface area contributed by atoms with Crippen LogP contribution < -0.4 is 9.47 Å². The van der Waals surface area contributed by atoms with Gasteiger partial charge in [-0.1, -0.05) is 18.2 Å². The number of para-hydroxylation sites is 1. The van der Waals surface area contributed by atoms with Crippen LogP contribution in [0, 0.1) is 0 Å². The third-order valence-corrected chi connectivity index (χ3v) is 3.22. The van der Waals surface area contributed by atoms with Gasteiger partial charge >= 0.3 is 0 Å². The van der Waals surface area contributed by atoms with E-state index in [1.54, 1.807) is 14.2 Å². The minimum atomic E-state index is 0.735. The Morgan fingerprint density at radius 2 is 1.63 bits per heavy atom. The number of hydrogen-bond acceptors (Lipinski definition) is 2. The quantitative estimate of drug-likeness (QED) is 0.769. The van der Waals surface area contributed by atoms with Crippen molar-refractivity contribution in [3.8, 4) is 22.8 Å². The predicted octanol–water partition coefficient (Wildman–Crippen LogP) is 3.85. The number of ether oxygens (including phenoxy) is 2. The lowest BCUT2D eigenvalue weighted by molar-refractivity contribution is 0.355. The molecule has 0 fully saturated rings. The molecule has 0 unspecified atom stereocenters. The van der Waals surface area contributed by atoms with Gasteiger partial charge in [-0.15, -0.1) is 0 Å². The topological polar surface area (TPSA) is 34.2 Å². The van der Waals surface area contributed by atoms with Crippen molar-refractivity contribution in [1.82, 2.24) is 4.98 Å². The average Bonchev–Trinajstić information content (AvgIpc) is 2.90. The Morgan fingerprint density at radius 3 is 2.37 bits per heavy atom. The van der Waals surface area contributed by atoms with E-state index in [0.29, 0.717) is 0 Å². The van der Waals surface area contributed by atoms with Crippen molar-refractivity contribution >= 4 is 10.9 Å². The molecule has 0 spiro atoms. The number of aromatic nitrogens is 1. The third-order valence-electron chi connectivity index (χ3n) is 3.22. The molecule has 0 bridgehead atoms. The van der Waals surface area contributed by atoms with Gasteiger partial charge in [0.2, 0.25) is 0 Å². The summed E-state index contributed by atoms with van der Waals surface area (Å²) in [7, 11) is 3.29. The average molecular weight is 253 g/mol. The molecule has 0 aliphatic heterocycles. The van der Waals surface area contributed by atoms with E-state index >= 15 is 0 Å². The fraction of sp³-hybridized carbons (Fsp3) is 0.125. The second-order valence-corrected chi connectivity index (χ2v) is 4.34. The van der Waals surface area contributed by atoms with Gasteiger partial charge in [0.25, 0.3) is 0 Å². The van der Waals surface area contributed by atoms with E-state index in [0.717, 1.165) is 28.3 Å². The summed E-state index contributed by atoms with van der Waals surface area (Å²) in [5.74, 6) is 1.47. The summed E-state index contributed by atoms with van der Waals surface area (Å²) >= 11 is 0. The van der Waals surface area contributed by atoms with Crippen molar-refractivity contribution in [2.75, 3.05) is 14.2 Å². The molecular weight excluding hydrogens is 238 g/mol. The molecule has 2 aromatic carbocycles. The lowest BCUT2D eigenvalue weighted by Gasteiger charge is -2.08. The van der Waals surface area contributed by atoms with Gasteiger partial charge in [-0.3, -0.25) is 0 Å². The van der Waals surface area contributed by atoms with Crippen LogP contribution in [0.15, 0.2) is 48.5 Å². The van der Waals surface area contributed by atoms with Crippen molar-refractivity contribution in [3.05, 3.63) is 48.5 Å². The molecular formula is C16H15NO2. The Labute approximate surface area is 111 Å². The summed E-state index contributed by atoms with van der Waals surface area (Å²) in [4.78, 5) is 3.40. The van der Waals surface area contributed by atoms with E-state index in [2.05, 4.69) is 23.2 Å². The largest absolute Gasteiger partial charge is 0.493 e. The molecule has 0 saturated heterocycles. The first-order chi connectivity index (χ1) is 9.31. The molecule has 3 aromatic rings. The SMILES string of the molecule is COc1ccc(-c2cc3ccccc3[nH]2)cc1OC. The van der Waals surface area contributed by atoms with E-state index in [1.165, 1.54) is 5.39 Å². The van der Waals surface area contributed by atoms with E-state index in [1.807, 2.05) is 30.3 Å². The zero-order chi connectivity index (χ0) is 13.2. The summed E-state index contributed by atoms with van der Waals surface area (Å²) in [5, 5.41) is 1.20. The Bertz CT molecular complexity index is 683. The molecule has 3 rings (SSSR count). The van der Waals surface area contributed by atoms with Crippen molar-refractivity contribution in [1.29, 1.82) is 0 Å². The van der Waals surface area contributed by atoms with Crippen LogP contribution in [0.25, 0.3) is 22.2 Å². The van der Waals surface area contributed by atoms with Gasteiger partial charge in [0.15, 0.2) is 11.5 Å². The van der Waals surface area contributed by atoms with E-state index < -0.39 is 0 Å². The second-order valence-electron chi connectivity index (χ2n) is 4.34. The second kappa shape index (κ2) is 4.69. The van der Waals surface area contributed by atoms with Crippen LogP contribution in [0.3, 0.4) is 0 Å². The minimum absolute atomic E-state index is 0.735. The summed E-state index contributed by atoms with van der Waals surface area (Å²) in [6, 6.07) is 16.3. The first kappa shape index (κ1) is 11.7. The van der Waals surface area contributed by atoms with Crippen molar-refractivity contribution in [2.45, 2.75) is 0 Å². The molecule has 0 saturated carbocycles. The molecule has 0 radical (unpaired) electrons. The van der Waals surface area contributed by atoms with Crippen LogP contribution in [-0.4, -0.2) is 19.2 Å². The molecule has 3 nitrogen and oxygen atoms in total. The predicted molar refractivity (Wildman–Crippen MR) is 76.8 cm³/mol. The number of rotatable bonds is 3. The molecule has 96 valence electrons. The maximum atomic E-state index is 5.33. The van der Waals surface area contributed by atoms with E-state index in [4.69, 9.17) is 9.47 Å². The molecule has 0 aliphatic rings. The first-order valence-corrected chi connectivity index (χ1v) is 6.12. The normalized spacial score (nSPS) is 10.6. The maximum Gasteiger partial charge on any atom is 0.161 e. The number of hydrogen-bond donors (Lipinski definition) is 1. The highest BCUT2D eigenvalue weighted by molar-refractivity contribution is 5.86. The van der Waals surface area contributed by atoms with Gasteiger partial charge in [-0.05, 0) is 30.3 Å². The van der Waals surface area contributed by atoms with Crippen LogP contribution in [0.4, 0.5) is 0 Å². The van der Waals surface area contributed by atoms with Gasteiger partial charge in [0, 0.05) is 22.2 Å².